The summed E-state index contributed by atoms with van der Waals surface area (Å²) in [6.07, 6.45) is 62.0. The van der Waals surface area contributed by atoms with Crippen LogP contribution >= 0.6 is 0 Å². The summed E-state index contributed by atoms with van der Waals surface area (Å²) in [6.45, 7) is 20.6. The van der Waals surface area contributed by atoms with Crippen LogP contribution < -0.4 is 42.5 Å². The minimum absolute atomic E-state index is 0.0358. The Morgan fingerprint density at radius 3 is 0.673 bits per heavy atom. The third kappa shape index (κ3) is 18.9. The van der Waals surface area contributed by atoms with E-state index < -0.39 is 0 Å². The van der Waals surface area contributed by atoms with E-state index in [1.807, 2.05) is 24.8 Å². The molecule has 98 heavy (non-hydrogen) atoms. The van der Waals surface area contributed by atoms with Crippen LogP contribution in [0.1, 0.15) is 335 Å². The highest BCUT2D eigenvalue weighted by atomic mass is 16.5. The Bertz CT molecular complexity index is 2310. The van der Waals surface area contributed by atoms with Gasteiger partial charge in [-0.2, -0.15) is 0 Å². The van der Waals surface area contributed by atoms with Crippen molar-refractivity contribution in [3.8, 4) is 0 Å². The van der Waals surface area contributed by atoms with Crippen LogP contribution in [0.25, 0.3) is 0 Å². The highest BCUT2D eigenvalue weighted by Crippen LogP contribution is 2.58. The number of nitrogens with one attached hydrogen (secondary N) is 8. The Hall–Kier alpha value is -2.10. The SMILES string of the molecule is CCCCCCC1CCC(CCCCCC)C2C3NC(NC4NC(NC5NC(NC6NC(N3)C3C(CCCCCC)CCC(CCCCCC)C63)C3C(OCCCC)C(c6ccncc6)C(c6ccncc6)C(OCCCC)C53)C3C(CCCCCC)CCC(CCCCCC)C43)C12. The molecule has 12 nitrogen and oxygen atoms in total. The summed E-state index contributed by atoms with van der Waals surface area (Å²) in [5, 5.41) is 38.5. The lowest BCUT2D eigenvalue weighted by molar-refractivity contribution is -0.126. The van der Waals surface area contributed by atoms with Crippen molar-refractivity contribution < 1.29 is 9.47 Å². The fourth-order valence-electron chi connectivity index (χ4n) is 23.3. The standard InChI is InChI=1S/C86H150N10O2/c1-9-17-25-31-37-59-43-44-60(38-32-26-18-10-2)70-69(59)79-89-80(70)91-82-72-62(40-34-28-20-12-4)46-48-64(42-36-30-22-14-6)74(72)84(93-82)95-86-76-75(77(97-57-23-15-7)67(65-49-53-87-54-50-65)68(66-51-55-88-56-52-66)78(76)98-58-24-16-8)85(96-86)94-83-73-63(41-35-29-21-13-5)47-45-61(39-33-27-19-11-3)71(73)81(90-79)92-83/h49-56,59-64,67-86,89-96H,9-48,57-58H2,1-8H3. The highest BCUT2D eigenvalue weighted by Gasteiger charge is 2.65. The van der Waals surface area contributed by atoms with E-state index in [2.05, 4.69) is 79.7 Å². The summed E-state index contributed by atoms with van der Waals surface area (Å²) in [5.41, 5.74) is 2.63. The maximum Gasteiger partial charge on any atom is 0.0711 e. The molecular weight excluding hydrogens is 1210 g/mol. The van der Waals surface area contributed by atoms with E-state index in [0.717, 1.165) is 50.7 Å². The average molecular weight is 1360 g/mol. The van der Waals surface area contributed by atoms with E-state index in [-0.39, 0.29) is 85.2 Å². The molecule has 11 rings (SSSR count). The number of hydrogen-bond acceptors (Lipinski definition) is 12. The molecule has 0 radical (unpaired) electrons. The molecule has 5 saturated heterocycles. The zero-order valence-corrected chi connectivity index (χ0v) is 64.0. The predicted octanol–water partition coefficient (Wildman–Crippen LogP) is 19.0. The van der Waals surface area contributed by atoms with E-state index in [1.54, 1.807) is 0 Å². The maximum atomic E-state index is 7.88. The summed E-state index contributed by atoms with van der Waals surface area (Å²) in [7, 11) is 0. The Labute approximate surface area is 600 Å². The zero-order chi connectivity index (χ0) is 68.0. The van der Waals surface area contributed by atoms with Crippen molar-refractivity contribution in [1.82, 2.24) is 52.5 Å². The Balaban J connectivity index is 1.10. The summed E-state index contributed by atoms with van der Waals surface area (Å²) < 4.78 is 15.8. The monoisotopic (exact) mass is 1360 g/mol. The summed E-state index contributed by atoms with van der Waals surface area (Å²) in [5.74, 6) is 7.75. The lowest BCUT2D eigenvalue weighted by Gasteiger charge is -2.52. The molecule has 4 aliphatic carbocycles. The van der Waals surface area contributed by atoms with Gasteiger partial charge >= 0.3 is 0 Å². The van der Waals surface area contributed by atoms with Gasteiger partial charge in [-0.3, -0.25) is 52.5 Å². The van der Waals surface area contributed by atoms with E-state index in [1.165, 1.54) is 242 Å². The molecule has 26 atom stereocenters. The van der Waals surface area contributed by atoms with Crippen molar-refractivity contribution in [3.63, 3.8) is 0 Å². The van der Waals surface area contributed by atoms with Gasteiger partial charge < -0.3 is 9.47 Å². The van der Waals surface area contributed by atoms with E-state index in [9.17, 15) is 0 Å². The van der Waals surface area contributed by atoms with Crippen molar-refractivity contribution in [1.29, 1.82) is 0 Å². The minimum Gasteiger partial charge on any atom is -0.377 e. The molecular formula is C86H150N10O2. The largest absolute Gasteiger partial charge is 0.377 e. The number of unbranched alkanes of at least 4 members (excludes halogenated alkanes) is 20. The molecule has 9 fully saturated rings. The molecule has 26 unspecified atom stereocenters. The number of rotatable bonds is 40. The second-order valence-corrected chi connectivity index (χ2v) is 34.2. The van der Waals surface area contributed by atoms with Crippen LogP contribution in [0, 0.1) is 82.9 Å². The summed E-state index contributed by atoms with van der Waals surface area (Å²) >= 11 is 0. The van der Waals surface area contributed by atoms with E-state index in [0.29, 0.717) is 59.2 Å². The quantitative estimate of drug-likeness (QED) is 0.0301. The van der Waals surface area contributed by atoms with Gasteiger partial charge in [-0.05, 0) is 158 Å². The van der Waals surface area contributed by atoms with Crippen LogP contribution in [0.3, 0.4) is 0 Å². The maximum absolute atomic E-state index is 7.88. The van der Waals surface area contributed by atoms with Crippen molar-refractivity contribution in [3.05, 3.63) is 60.2 Å². The molecule has 0 amide bonds. The van der Waals surface area contributed by atoms with Crippen LogP contribution in [0.4, 0.5) is 0 Å². The van der Waals surface area contributed by atoms with E-state index in [4.69, 9.17) is 62.0 Å². The molecule has 556 valence electrons. The fraction of sp³-hybridized carbons (Fsp3) is 0.884. The molecule has 5 aliphatic heterocycles. The summed E-state index contributed by atoms with van der Waals surface area (Å²) in [6, 6.07) is 9.31. The molecule has 2 aromatic heterocycles. The first-order valence-corrected chi connectivity index (χ1v) is 43.5. The van der Waals surface area contributed by atoms with Gasteiger partial charge in [0.25, 0.3) is 0 Å². The van der Waals surface area contributed by atoms with Gasteiger partial charge in [0.1, 0.15) is 0 Å². The molecule has 8 N–H and O–H groups in total. The van der Waals surface area contributed by atoms with E-state index >= 15 is 0 Å². The Morgan fingerprint density at radius 2 is 0.469 bits per heavy atom. The first-order chi connectivity index (χ1) is 48.4. The van der Waals surface area contributed by atoms with Gasteiger partial charge in [-0.25, -0.2) is 0 Å². The molecule has 7 heterocycles. The van der Waals surface area contributed by atoms with Crippen LogP contribution in [0.15, 0.2) is 49.1 Å². The smallest absolute Gasteiger partial charge is 0.0711 e. The normalized spacial score (nSPS) is 38.2. The van der Waals surface area contributed by atoms with Crippen LogP contribution in [0.2, 0.25) is 0 Å². The molecule has 9 aliphatic rings. The zero-order valence-electron chi connectivity index (χ0n) is 64.0. The fourth-order valence-corrected chi connectivity index (χ4v) is 23.3. The lowest BCUT2D eigenvalue weighted by Crippen LogP contribution is -2.62. The van der Waals surface area contributed by atoms with Crippen molar-refractivity contribution in [2.75, 3.05) is 13.2 Å². The molecule has 12 heteroatoms. The van der Waals surface area contributed by atoms with Crippen molar-refractivity contribution >= 4 is 0 Å². The van der Waals surface area contributed by atoms with Gasteiger partial charge in [-0.1, -0.05) is 261 Å². The summed E-state index contributed by atoms with van der Waals surface area (Å²) in [4.78, 5) is 9.44. The highest BCUT2D eigenvalue weighted by molar-refractivity contribution is 5.34. The molecule has 4 saturated carbocycles. The van der Waals surface area contributed by atoms with Crippen molar-refractivity contribution in [2.24, 2.45) is 82.9 Å². The van der Waals surface area contributed by atoms with Gasteiger partial charge in [0.2, 0.25) is 0 Å². The Morgan fingerprint density at radius 1 is 0.265 bits per heavy atom. The van der Waals surface area contributed by atoms with Gasteiger partial charge in [0.15, 0.2) is 0 Å². The molecule has 0 aromatic carbocycles. The first kappa shape index (κ1) is 77.0. The van der Waals surface area contributed by atoms with Crippen molar-refractivity contribution in [2.45, 2.75) is 386 Å². The molecule has 8 bridgehead atoms. The third-order valence-corrected chi connectivity index (χ3v) is 27.9. The second kappa shape index (κ2) is 40.4. The minimum atomic E-state index is -0.0924. The van der Waals surface area contributed by atoms with Gasteiger partial charge in [0, 0.05) is 61.7 Å². The number of hydrogen-bond donors (Lipinski definition) is 8. The third-order valence-electron chi connectivity index (χ3n) is 27.9. The second-order valence-electron chi connectivity index (χ2n) is 34.2. The molecule has 2 aromatic rings. The first-order valence-electron chi connectivity index (χ1n) is 43.5. The number of pyridine rings is 2. The van der Waals surface area contributed by atoms with Gasteiger partial charge in [0.05, 0.1) is 61.5 Å². The lowest BCUT2D eigenvalue weighted by atomic mass is 9.60. The van der Waals surface area contributed by atoms with Crippen LogP contribution in [-0.4, -0.2) is 84.7 Å². The number of nitrogens with zero attached hydrogens (tertiary/aromatic N) is 2. The number of aromatic nitrogens is 2. The predicted molar refractivity (Wildman–Crippen MR) is 408 cm³/mol. The average Bonchev–Trinajstić information content (AvgIpc) is 1.50. The van der Waals surface area contributed by atoms with Gasteiger partial charge in [-0.15, -0.1) is 0 Å². The van der Waals surface area contributed by atoms with Crippen LogP contribution in [-0.2, 0) is 9.47 Å². The molecule has 0 spiro atoms. The number of fused-ring (bicyclic) bond motifs is 20. The topological polar surface area (TPSA) is 140 Å². The Kier molecular flexibility index (Phi) is 31.8. The van der Waals surface area contributed by atoms with Crippen LogP contribution in [0.5, 0.6) is 0 Å². The number of ether oxygens (including phenoxy) is 2.